The lowest BCUT2D eigenvalue weighted by Gasteiger charge is -2.18. The molecule has 0 fully saturated rings. The van der Waals surface area contributed by atoms with Crippen molar-refractivity contribution in [2.45, 2.75) is 13.8 Å². The van der Waals surface area contributed by atoms with E-state index in [9.17, 15) is 13.2 Å². The van der Waals surface area contributed by atoms with Gasteiger partial charge in [-0.3, -0.25) is 4.79 Å². The standard InChI is InChI=1S/C9H15N3O4S/c1-7-6-9(11-16-7)12(17(3,14)15)5-4-10-8(2)13/h6H,4-5H2,1-3H3,(H,10,13). The molecule has 1 N–H and O–H groups in total. The molecule has 1 aromatic heterocycles. The van der Waals surface area contributed by atoms with Crippen LogP contribution in [-0.2, 0) is 14.8 Å². The highest BCUT2D eigenvalue weighted by atomic mass is 32.2. The fraction of sp³-hybridized carbons (Fsp3) is 0.556. The molecule has 0 radical (unpaired) electrons. The van der Waals surface area contributed by atoms with E-state index in [2.05, 4.69) is 10.5 Å². The van der Waals surface area contributed by atoms with Crippen LogP contribution < -0.4 is 9.62 Å². The van der Waals surface area contributed by atoms with Crippen molar-refractivity contribution in [2.24, 2.45) is 0 Å². The van der Waals surface area contributed by atoms with E-state index in [4.69, 9.17) is 4.52 Å². The Hall–Kier alpha value is -1.57. The van der Waals surface area contributed by atoms with Crippen LogP contribution >= 0.6 is 0 Å². The van der Waals surface area contributed by atoms with Gasteiger partial charge in [-0.25, -0.2) is 12.7 Å². The number of hydrogen-bond acceptors (Lipinski definition) is 5. The predicted octanol–water partition coefficient (Wildman–Crippen LogP) is -0.115. The molecule has 1 rings (SSSR count). The number of anilines is 1. The molecule has 0 aromatic carbocycles. The summed E-state index contributed by atoms with van der Waals surface area (Å²) in [7, 11) is -3.44. The average Bonchev–Trinajstić information content (AvgIpc) is 2.56. The summed E-state index contributed by atoms with van der Waals surface area (Å²) in [5, 5.41) is 6.16. The van der Waals surface area contributed by atoms with Gasteiger partial charge >= 0.3 is 0 Å². The van der Waals surface area contributed by atoms with Gasteiger partial charge in [0.1, 0.15) is 5.76 Å². The molecule has 0 unspecified atom stereocenters. The highest BCUT2D eigenvalue weighted by molar-refractivity contribution is 7.92. The molecule has 0 saturated carbocycles. The van der Waals surface area contributed by atoms with Crippen molar-refractivity contribution in [3.63, 3.8) is 0 Å². The van der Waals surface area contributed by atoms with Crippen LogP contribution in [0.3, 0.4) is 0 Å². The molecule has 0 aliphatic rings. The molecule has 1 amide bonds. The summed E-state index contributed by atoms with van der Waals surface area (Å²) in [6, 6.07) is 1.52. The SMILES string of the molecule is CC(=O)NCCN(c1cc(C)on1)S(C)(=O)=O. The number of amides is 1. The summed E-state index contributed by atoms with van der Waals surface area (Å²) >= 11 is 0. The first-order chi connectivity index (χ1) is 7.80. The van der Waals surface area contributed by atoms with Gasteiger partial charge in [-0.05, 0) is 6.92 Å². The highest BCUT2D eigenvalue weighted by Gasteiger charge is 2.20. The van der Waals surface area contributed by atoms with Crippen LogP contribution in [0.4, 0.5) is 5.82 Å². The number of nitrogens with one attached hydrogen (secondary N) is 1. The third-order valence-corrected chi connectivity index (χ3v) is 3.13. The second kappa shape index (κ2) is 5.17. The Bertz CT molecular complexity index is 494. The van der Waals surface area contributed by atoms with Crippen LogP contribution in [0.15, 0.2) is 10.6 Å². The van der Waals surface area contributed by atoms with Crippen LogP contribution in [0.1, 0.15) is 12.7 Å². The minimum Gasteiger partial charge on any atom is -0.360 e. The molecule has 0 spiro atoms. The van der Waals surface area contributed by atoms with Gasteiger partial charge in [-0.15, -0.1) is 0 Å². The maximum Gasteiger partial charge on any atom is 0.233 e. The Kier molecular flexibility index (Phi) is 4.11. The van der Waals surface area contributed by atoms with Crippen molar-refractivity contribution in [3.8, 4) is 0 Å². The van der Waals surface area contributed by atoms with E-state index in [1.807, 2.05) is 0 Å². The molecular formula is C9H15N3O4S. The first-order valence-electron chi connectivity index (χ1n) is 4.96. The average molecular weight is 261 g/mol. The minimum absolute atomic E-state index is 0.115. The molecule has 1 aromatic rings. The number of aromatic nitrogens is 1. The van der Waals surface area contributed by atoms with Crippen LogP contribution in [0.2, 0.25) is 0 Å². The topological polar surface area (TPSA) is 92.5 Å². The van der Waals surface area contributed by atoms with Crippen molar-refractivity contribution in [3.05, 3.63) is 11.8 Å². The number of aryl methyl sites for hydroxylation is 1. The lowest BCUT2D eigenvalue weighted by Crippen LogP contribution is -2.37. The first-order valence-corrected chi connectivity index (χ1v) is 6.81. The summed E-state index contributed by atoms with van der Waals surface area (Å²) in [6.07, 6.45) is 1.07. The van der Waals surface area contributed by atoms with Crippen LogP contribution in [0.5, 0.6) is 0 Å². The highest BCUT2D eigenvalue weighted by Crippen LogP contribution is 2.16. The predicted molar refractivity (Wildman–Crippen MR) is 62.1 cm³/mol. The molecule has 0 aliphatic heterocycles. The van der Waals surface area contributed by atoms with E-state index in [0.29, 0.717) is 5.76 Å². The summed E-state index contributed by atoms with van der Waals surface area (Å²) in [5.74, 6) is 0.526. The smallest absolute Gasteiger partial charge is 0.233 e. The van der Waals surface area contributed by atoms with Gasteiger partial charge in [0.25, 0.3) is 0 Å². The third-order valence-electron chi connectivity index (χ3n) is 1.96. The van der Waals surface area contributed by atoms with Crippen LogP contribution in [0, 0.1) is 6.92 Å². The van der Waals surface area contributed by atoms with Crippen molar-refractivity contribution in [1.82, 2.24) is 10.5 Å². The monoisotopic (exact) mass is 261 g/mol. The van der Waals surface area contributed by atoms with E-state index in [1.165, 1.54) is 13.0 Å². The molecular weight excluding hydrogens is 246 g/mol. The quantitative estimate of drug-likeness (QED) is 0.798. The fourth-order valence-electron chi connectivity index (χ4n) is 1.25. The first kappa shape index (κ1) is 13.5. The maximum atomic E-state index is 11.5. The van der Waals surface area contributed by atoms with Gasteiger partial charge in [-0.2, -0.15) is 0 Å². The van der Waals surface area contributed by atoms with Crippen molar-refractivity contribution in [1.29, 1.82) is 0 Å². The number of rotatable bonds is 5. The normalized spacial score (nSPS) is 11.2. The molecule has 8 heteroatoms. The van der Waals surface area contributed by atoms with Crippen LogP contribution in [0.25, 0.3) is 0 Å². The second-order valence-electron chi connectivity index (χ2n) is 3.61. The third kappa shape index (κ3) is 4.06. The van der Waals surface area contributed by atoms with Gasteiger partial charge in [0.15, 0.2) is 5.82 Å². The number of carbonyl (C=O) groups excluding carboxylic acids is 1. The molecule has 0 aliphatic carbocycles. The van der Waals surface area contributed by atoms with Crippen LogP contribution in [-0.4, -0.2) is 38.8 Å². The molecule has 0 atom stereocenters. The van der Waals surface area contributed by atoms with E-state index in [1.54, 1.807) is 6.92 Å². The molecule has 0 bridgehead atoms. The number of carbonyl (C=O) groups is 1. The van der Waals surface area contributed by atoms with E-state index in [0.717, 1.165) is 10.6 Å². The Morgan fingerprint density at radius 2 is 2.24 bits per heavy atom. The summed E-state index contributed by atoms with van der Waals surface area (Å²) < 4.78 is 29.0. The molecule has 0 saturated heterocycles. The van der Waals surface area contributed by atoms with Crippen molar-refractivity contribution in [2.75, 3.05) is 23.7 Å². The lowest BCUT2D eigenvalue weighted by molar-refractivity contribution is -0.118. The van der Waals surface area contributed by atoms with E-state index < -0.39 is 10.0 Å². The number of hydrogen-bond donors (Lipinski definition) is 1. The van der Waals surface area contributed by atoms with E-state index >= 15 is 0 Å². The van der Waals surface area contributed by atoms with Gasteiger partial charge in [0, 0.05) is 19.5 Å². The molecule has 17 heavy (non-hydrogen) atoms. The van der Waals surface area contributed by atoms with Gasteiger partial charge in [0.2, 0.25) is 15.9 Å². The Morgan fingerprint density at radius 1 is 1.59 bits per heavy atom. The largest absolute Gasteiger partial charge is 0.360 e. The zero-order valence-electron chi connectivity index (χ0n) is 9.93. The Morgan fingerprint density at radius 3 is 2.65 bits per heavy atom. The minimum atomic E-state index is -3.44. The summed E-state index contributed by atoms with van der Waals surface area (Å²) in [6.45, 7) is 3.37. The van der Waals surface area contributed by atoms with Crippen molar-refractivity contribution < 1.29 is 17.7 Å². The van der Waals surface area contributed by atoms with Gasteiger partial charge in [-0.1, -0.05) is 5.16 Å². The zero-order chi connectivity index (χ0) is 13.1. The number of nitrogens with zero attached hydrogens (tertiary/aromatic N) is 2. The fourth-order valence-corrected chi connectivity index (χ4v) is 2.10. The summed E-state index contributed by atoms with van der Waals surface area (Å²) in [4.78, 5) is 10.7. The van der Waals surface area contributed by atoms with Gasteiger partial charge < -0.3 is 9.84 Å². The molecule has 1 heterocycles. The summed E-state index contributed by atoms with van der Waals surface area (Å²) in [5.41, 5.74) is 0. The Balaban J connectivity index is 2.79. The maximum absolute atomic E-state index is 11.5. The second-order valence-corrected chi connectivity index (χ2v) is 5.52. The molecule has 96 valence electrons. The Labute approximate surface area is 99.8 Å². The van der Waals surface area contributed by atoms with E-state index in [-0.39, 0.29) is 24.8 Å². The van der Waals surface area contributed by atoms with Gasteiger partial charge in [0.05, 0.1) is 12.8 Å². The number of sulfonamides is 1. The molecule has 7 nitrogen and oxygen atoms in total. The zero-order valence-corrected chi connectivity index (χ0v) is 10.7. The lowest BCUT2D eigenvalue weighted by atomic mass is 10.5. The van der Waals surface area contributed by atoms with Crippen molar-refractivity contribution >= 4 is 21.7 Å².